The van der Waals surface area contributed by atoms with Gasteiger partial charge >= 0.3 is 5.97 Å². The Bertz CT molecular complexity index is 316. The van der Waals surface area contributed by atoms with Crippen LogP contribution in [0, 0.1) is 0 Å². The summed E-state index contributed by atoms with van der Waals surface area (Å²) in [6, 6.07) is -0.710. The molecular weight excluding hydrogens is 212 g/mol. The van der Waals surface area contributed by atoms with Crippen molar-refractivity contribution in [2.24, 2.45) is 0 Å². The Morgan fingerprint density at radius 2 is 2.25 bits per heavy atom. The molecule has 1 N–H and O–H groups in total. The van der Waals surface area contributed by atoms with Crippen LogP contribution in [-0.4, -0.2) is 48.9 Å². The molecule has 1 rings (SSSR count). The zero-order valence-electron chi connectivity index (χ0n) is 9.65. The lowest BCUT2D eigenvalue weighted by Gasteiger charge is -2.16. The zero-order valence-corrected chi connectivity index (χ0v) is 9.65. The highest BCUT2D eigenvalue weighted by molar-refractivity contribution is 6.05. The molecule has 1 aliphatic rings. The number of rotatable bonds is 4. The van der Waals surface area contributed by atoms with E-state index >= 15 is 0 Å². The minimum Gasteiger partial charge on any atom is -0.469 e. The van der Waals surface area contributed by atoms with Crippen LogP contribution >= 0.6 is 0 Å². The van der Waals surface area contributed by atoms with E-state index in [1.165, 1.54) is 14.2 Å². The molecule has 2 atom stereocenters. The second-order valence-corrected chi connectivity index (χ2v) is 3.90. The molecular formula is C10H16N2O4. The third kappa shape index (κ3) is 2.79. The lowest BCUT2D eigenvalue weighted by Crippen LogP contribution is -2.42. The number of amides is 2. The van der Waals surface area contributed by atoms with Gasteiger partial charge in [-0.3, -0.25) is 19.3 Å². The molecule has 6 nitrogen and oxygen atoms in total. The lowest BCUT2D eigenvalue weighted by molar-refractivity contribution is -0.142. The molecule has 0 aromatic carbocycles. The number of nitrogens with one attached hydrogen (secondary N) is 1. The van der Waals surface area contributed by atoms with Gasteiger partial charge in [-0.05, 0) is 6.92 Å². The summed E-state index contributed by atoms with van der Waals surface area (Å²) in [7, 11) is 2.77. The Morgan fingerprint density at radius 1 is 1.62 bits per heavy atom. The first-order chi connectivity index (χ1) is 7.45. The third-order valence-electron chi connectivity index (χ3n) is 2.57. The molecule has 0 bridgehead atoms. The Hall–Kier alpha value is -1.43. The van der Waals surface area contributed by atoms with Crippen molar-refractivity contribution >= 4 is 17.8 Å². The lowest BCUT2D eigenvalue weighted by atomic mass is 10.1. The van der Waals surface area contributed by atoms with Crippen LogP contribution in [0.2, 0.25) is 0 Å². The highest BCUT2D eigenvalue weighted by atomic mass is 16.5. The summed E-state index contributed by atoms with van der Waals surface area (Å²) in [5.74, 6) is -0.792. The molecule has 0 aromatic heterocycles. The fourth-order valence-corrected chi connectivity index (χ4v) is 1.62. The van der Waals surface area contributed by atoms with Crippen LogP contribution in [0.3, 0.4) is 0 Å². The molecule has 0 spiro atoms. The van der Waals surface area contributed by atoms with Gasteiger partial charge in [-0.1, -0.05) is 0 Å². The Morgan fingerprint density at radius 3 is 2.69 bits per heavy atom. The van der Waals surface area contributed by atoms with Crippen LogP contribution < -0.4 is 5.32 Å². The normalized spacial score (nSPS) is 22.4. The first-order valence-corrected chi connectivity index (χ1v) is 5.09. The molecule has 0 saturated carbocycles. The monoisotopic (exact) mass is 228 g/mol. The van der Waals surface area contributed by atoms with E-state index in [-0.39, 0.29) is 36.7 Å². The van der Waals surface area contributed by atoms with Crippen molar-refractivity contribution < 1.29 is 19.1 Å². The van der Waals surface area contributed by atoms with E-state index in [1.807, 2.05) is 0 Å². The van der Waals surface area contributed by atoms with Gasteiger partial charge in [0.2, 0.25) is 11.8 Å². The smallest absolute Gasteiger partial charge is 0.307 e. The zero-order chi connectivity index (χ0) is 12.3. The summed E-state index contributed by atoms with van der Waals surface area (Å²) in [5, 5.41) is 2.94. The largest absolute Gasteiger partial charge is 0.469 e. The second kappa shape index (κ2) is 5.07. The van der Waals surface area contributed by atoms with E-state index < -0.39 is 6.04 Å². The summed E-state index contributed by atoms with van der Waals surface area (Å²) >= 11 is 0. The van der Waals surface area contributed by atoms with Crippen LogP contribution in [0.1, 0.15) is 19.8 Å². The SMILES string of the molecule is COC(=O)CC(C)NC1CC(=O)N(C)C1=O. The number of ether oxygens (including phenoxy) is 1. The maximum atomic E-state index is 11.5. The summed E-state index contributed by atoms with van der Waals surface area (Å²) in [6.45, 7) is 1.77. The van der Waals surface area contributed by atoms with Gasteiger partial charge in [0.15, 0.2) is 0 Å². The number of nitrogens with zero attached hydrogens (tertiary/aromatic N) is 1. The topological polar surface area (TPSA) is 75.7 Å². The van der Waals surface area contributed by atoms with Gasteiger partial charge < -0.3 is 10.1 Å². The average molecular weight is 228 g/mol. The number of carbonyl (C=O) groups excluding carboxylic acids is 3. The number of likely N-dealkylation sites (N-methyl/N-ethyl adjacent to an activating group) is 1. The number of carbonyl (C=O) groups is 3. The van der Waals surface area contributed by atoms with Crippen molar-refractivity contribution in [3.05, 3.63) is 0 Å². The molecule has 2 unspecified atom stereocenters. The van der Waals surface area contributed by atoms with Crippen LogP contribution in [-0.2, 0) is 19.1 Å². The molecule has 6 heteroatoms. The minimum absolute atomic E-state index is 0.154. The number of hydrogen-bond donors (Lipinski definition) is 1. The summed E-state index contributed by atoms with van der Waals surface area (Å²) in [4.78, 5) is 34.8. The van der Waals surface area contributed by atoms with E-state index in [4.69, 9.17) is 0 Å². The maximum Gasteiger partial charge on any atom is 0.307 e. The van der Waals surface area contributed by atoms with Crippen LogP contribution in [0.4, 0.5) is 0 Å². The standard InChI is InChI=1S/C10H16N2O4/c1-6(4-9(14)16-3)11-7-5-8(13)12(2)10(7)15/h6-7,11H,4-5H2,1-3H3. The Kier molecular flexibility index (Phi) is 4.00. The van der Waals surface area contributed by atoms with Gasteiger partial charge in [-0.15, -0.1) is 0 Å². The first kappa shape index (κ1) is 12.6. The summed E-state index contributed by atoms with van der Waals surface area (Å²) < 4.78 is 4.51. The highest BCUT2D eigenvalue weighted by Gasteiger charge is 2.36. The minimum atomic E-state index is -0.517. The van der Waals surface area contributed by atoms with E-state index in [0.29, 0.717) is 0 Å². The molecule has 1 saturated heterocycles. The Labute approximate surface area is 93.9 Å². The predicted molar refractivity (Wildman–Crippen MR) is 55.4 cm³/mol. The van der Waals surface area contributed by atoms with Gasteiger partial charge in [0.1, 0.15) is 0 Å². The fourth-order valence-electron chi connectivity index (χ4n) is 1.62. The fraction of sp³-hybridized carbons (Fsp3) is 0.700. The number of imide groups is 1. The third-order valence-corrected chi connectivity index (χ3v) is 2.57. The van der Waals surface area contributed by atoms with E-state index in [9.17, 15) is 14.4 Å². The average Bonchev–Trinajstić information content (AvgIpc) is 2.46. The van der Waals surface area contributed by atoms with Crippen molar-refractivity contribution in [3.8, 4) is 0 Å². The van der Waals surface area contributed by atoms with Crippen LogP contribution in [0.15, 0.2) is 0 Å². The van der Waals surface area contributed by atoms with Crippen molar-refractivity contribution in [2.75, 3.05) is 14.2 Å². The van der Waals surface area contributed by atoms with Gasteiger partial charge in [-0.2, -0.15) is 0 Å². The quantitative estimate of drug-likeness (QED) is 0.508. The van der Waals surface area contributed by atoms with E-state index in [2.05, 4.69) is 10.1 Å². The molecule has 2 amide bonds. The van der Waals surface area contributed by atoms with Crippen LogP contribution in [0.5, 0.6) is 0 Å². The van der Waals surface area contributed by atoms with Gasteiger partial charge in [0.05, 0.1) is 26.0 Å². The molecule has 0 aliphatic carbocycles. The number of methoxy groups -OCH3 is 1. The molecule has 16 heavy (non-hydrogen) atoms. The van der Waals surface area contributed by atoms with Crippen molar-refractivity contribution in [1.29, 1.82) is 0 Å². The van der Waals surface area contributed by atoms with E-state index in [1.54, 1.807) is 6.92 Å². The molecule has 1 heterocycles. The van der Waals surface area contributed by atoms with Gasteiger partial charge in [0.25, 0.3) is 0 Å². The summed E-state index contributed by atoms with van der Waals surface area (Å²) in [6.07, 6.45) is 0.332. The maximum absolute atomic E-state index is 11.5. The Balaban J connectivity index is 2.46. The van der Waals surface area contributed by atoms with Crippen molar-refractivity contribution in [1.82, 2.24) is 10.2 Å². The molecule has 0 aromatic rings. The van der Waals surface area contributed by atoms with Crippen LogP contribution in [0.25, 0.3) is 0 Å². The van der Waals surface area contributed by atoms with E-state index in [0.717, 1.165) is 4.90 Å². The highest BCUT2D eigenvalue weighted by Crippen LogP contribution is 2.11. The summed E-state index contributed by atoms with van der Waals surface area (Å²) in [5.41, 5.74) is 0. The number of likely N-dealkylation sites (tertiary alicyclic amines) is 1. The number of hydrogen-bond acceptors (Lipinski definition) is 5. The van der Waals surface area contributed by atoms with Gasteiger partial charge in [-0.25, -0.2) is 0 Å². The predicted octanol–water partition coefficient (Wildman–Crippen LogP) is -0.715. The van der Waals surface area contributed by atoms with Crippen molar-refractivity contribution in [3.63, 3.8) is 0 Å². The number of esters is 1. The second-order valence-electron chi connectivity index (χ2n) is 3.90. The molecule has 90 valence electrons. The molecule has 1 fully saturated rings. The first-order valence-electron chi connectivity index (χ1n) is 5.09. The molecule has 0 radical (unpaired) electrons. The van der Waals surface area contributed by atoms with Crippen molar-refractivity contribution in [2.45, 2.75) is 31.8 Å². The van der Waals surface area contributed by atoms with Gasteiger partial charge in [0, 0.05) is 13.1 Å². The molecule has 1 aliphatic heterocycles.